The lowest BCUT2D eigenvalue weighted by Gasteiger charge is -1.95. The van der Waals surface area contributed by atoms with Crippen molar-refractivity contribution in [3.8, 4) is 0 Å². The van der Waals surface area contributed by atoms with Gasteiger partial charge in [0, 0.05) is 18.5 Å². The largest absolute Gasteiger partial charge is 0.382 e. The standard InChI is InChI=1S/C11H13N7S/c1-2-18-4-3-7(17-18)5-19-11-15-8-9(12)13-6-14-10(8)16-11/h3-4,6H,2,5H2,1H3,(H3,12,13,14,15,16). The van der Waals surface area contributed by atoms with Crippen molar-refractivity contribution >= 4 is 28.7 Å². The van der Waals surface area contributed by atoms with Crippen LogP contribution in [-0.2, 0) is 12.3 Å². The Bertz CT molecular complexity index is 702. The number of nitrogens with two attached hydrogens (primary N) is 1. The summed E-state index contributed by atoms with van der Waals surface area (Å²) >= 11 is 1.57. The monoisotopic (exact) mass is 275 g/mol. The highest BCUT2D eigenvalue weighted by molar-refractivity contribution is 7.98. The fraction of sp³-hybridized carbons (Fsp3) is 0.273. The van der Waals surface area contributed by atoms with E-state index in [-0.39, 0.29) is 0 Å². The molecule has 3 heterocycles. The van der Waals surface area contributed by atoms with Crippen LogP contribution in [0.25, 0.3) is 11.2 Å². The molecule has 8 heteroatoms. The minimum atomic E-state index is 0.416. The highest BCUT2D eigenvalue weighted by Crippen LogP contribution is 2.23. The van der Waals surface area contributed by atoms with E-state index in [2.05, 4.69) is 32.0 Å². The fourth-order valence-electron chi connectivity index (χ4n) is 1.69. The van der Waals surface area contributed by atoms with Crippen LogP contribution in [0.2, 0.25) is 0 Å². The van der Waals surface area contributed by atoms with Gasteiger partial charge in [-0.3, -0.25) is 4.68 Å². The Morgan fingerprint density at radius 1 is 1.42 bits per heavy atom. The Morgan fingerprint density at radius 3 is 3.05 bits per heavy atom. The summed E-state index contributed by atoms with van der Waals surface area (Å²) in [5.74, 6) is 1.17. The predicted octanol–water partition coefficient (Wildman–Crippen LogP) is 1.44. The lowest BCUT2D eigenvalue weighted by molar-refractivity contribution is 0.652. The van der Waals surface area contributed by atoms with Crippen LogP contribution in [0.15, 0.2) is 23.7 Å². The van der Waals surface area contributed by atoms with E-state index in [1.807, 2.05) is 16.9 Å². The third-order valence-corrected chi connectivity index (χ3v) is 3.58. The van der Waals surface area contributed by atoms with E-state index in [1.165, 1.54) is 6.33 Å². The molecule has 0 aromatic carbocycles. The average Bonchev–Trinajstić information content (AvgIpc) is 3.03. The number of fused-ring (bicyclic) bond motifs is 1. The van der Waals surface area contributed by atoms with Gasteiger partial charge in [0.25, 0.3) is 0 Å². The summed E-state index contributed by atoms with van der Waals surface area (Å²) in [4.78, 5) is 15.5. The molecule has 0 amide bonds. The van der Waals surface area contributed by atoms with Crippen molar-refractivity contribution in [2.24, 2.45) is 0 Å². The number of aromatic amines is 1. The minimum absolute atomic E-state index is 0.416. The molecule has 0 aliphatic heterocycles. The van der Waals surface area contributed by atoms with Crippen LogP contribution >= 0.6 is 11.8 Å². The van der Waals surface area contributed by atoms with Crippen molar-refractivity contribution in [2.75, 3.05) is 5.73 Å². The Morgan fingerprint density at radius 2 is 2.32 bits per heavy atom. The summed E-state index contributed by atoms with van der Waals surface area (Å²) < 4.78 is 1.90. The zero-order chi connectivity index (χ0) is 13.2. The van der Waals surface area contributed by atoms with E-state index >= 15 is 0 Å². The number of nitrogens with one attached hydrogen (secondary N) is 1. The van der Waals surface area contributed by atoms with Gasteiger partial charge in [-0.25, -0.2) is 15.0 Å². The SMILES string of the molecule is CCn1ccc(CSc2nc3ncnc(N)c3[nH]2)n1. The quantitative estimate of drug-likeness (QED) is 0.699. The van der Waals surface area contributed by atoms with Crippen molar-refractivity contribution in [1.82, 2.24) is 29.7 Å². The number of rotatable bonds is 4. The molecule has 0 aliphatic carbocycles. The summed E-state index contributed by atoms with van der Waals surface area (Å²) in [5.41, 5.74) is 8.05. The van der Waals surface area contributed by atoms with Gasteiger partial charge in [0.15, 0.2) is 16.6 Å². The van der Waals surface area contributed by atoms with E-state index in [9.17, 15) is 0 Å². The number of hydrogen-bond donors (Lipinski definition) is 2. The molecule has 0 radical (unpaired) electrons. The van der Waals surface area contributed by atoms with Crippen molar-refractivity contribution in [1.29, 1.82) is 0 Å². The molecule has 3 rings (SSSR count). The number of imidazole rings is 1. The Labute approximate surface area is 113 Å². The minimum Gasteiger partial charge on any atom is -0.382 e. The highest BCUT2D eigenvalue weighted by atomic mass is 32.2. The molecule has 0 aliphatic rings. The predicted molar refractivity (Wildman–Crippen MR) is 73.6 cm³/mol. The van der Waals surface area contributed by atoms with Crippen LogP contribution in [0.1, 0.15) is 12.6 Å². The van der Waals surface area contributed by atoms with Crippen molar-refractivity contribution in [3.05, 3.63) is 24.3 Å². The summed E-state index contributed by atoms with van der Waals surface area (Å²) in [7, 11) is 0. The Kier molecular flexibility index (Phi) is 3.08. The molecular weight excluding hydrogens is 262 g/mol. The van der Waals surface area contributed by atoms with E-state index in [0.29, 0.717) is 17.0 Å². The van der Waals surface area contributed by atoms with Gasteiger partial charge in [-0.05, 0) is 13.0 Å². The van der Waals surface area contributed by atoms with Crippen LogP contribution in [0.4, 0.5) is 5.82 Å². The number of aromatic nitrogens is 6. The molecule has 0 unspecified atom stereocenters. The maximum atomic E-state index is 5.75. The zero-order valence-corrected chi connectivity index (χ0v) is 11.2. The second-order valence-corrected chi connectivity index (χ2v) is 4.91. The van der Waals surface area contributed by atoms with Crippen LogP contribution < -0.4 is 5.73 Å². The van der Waals surface area contributed by atoms with Gasteiger partial charge in [0.2, 0.25) is 0 Å². The van der Waals surface area contributed by atoms with E-state index in [4.69, 9.17) is 5.73 Å². The molecule has 0 bridgehead atoms. The molecule has 7 nitrogen and oxygen atoms in total. The molecule has 3 N–H and O–H groups in total. The summed E-state index contributed by atoms with van der Waals surface area (Å²) in [6.45, 7) is 2.94. The van der Waals surface area contributed by atoms with Crippen LogP contribution in [0.5, 0.6) is 0 Å². The molecule has 19 heavy (non-hydrogen) atoms. The number of thioether (sulfide) groups is 1. The molecule has 3 aromatic heterocycles. The first kappa shape index (κ1) is 12.0. The first-order valence-corrected chi connectivity index (χ1v) is 6.86. The van der Waals surface area contributed by atoms with Gasteiger partial charge in [-0.2, -0.15) is 5.10 Å². The maximum Gasteiger partial charge on any atom is 0.183 e. The van der Waals surface area contributed by atoms with E-state index in [0.717, 1.165) is 23.1 Å². The van der Waals surface area contributed by atoms with Crippen molar-refractivity contribution in [2.45, 2.75) is 24.4 Å². The molecule has 0 fully saturated rings. The van der Waals surface area contributed by atoms with Gasteiger partial charge < -0.3 is 10.7 Å². The van der Waals surface area contributed by atoms with Gasteiger partial charge >= 0.3 is 0 Å². The zero-order valence-electron chi connectivity index (χ0n) is 10.4. The van der Waals surface area contributed by atoms with Crippen LogP contribution in [-0.4, -0.2) is 29.7 Å². The Balaban J connectivity index is 1.76. The number of anilines is 1. The second-order valence-electron chi connectivity index (χ2n) is 3.95. The first-order chi connectivity index (χ1) is 9.26. The topological polar surface area (TPSA) is 98.3 Å². The summed E-state index contributed by atoms with van der Waals surface area (Å²) in [6, 6.07) is 2.01. The number of nitrogens with zero attached hydrogens (tertiary/aromatic N) is 5. The van der Waals surface area contributed by atoms with Gasteiger partial charge in [-0.1, -0.05) is 11.8 Å². The fourth-order valence-corrected chi connectivity index (χ4v) is 2.46. The third-order valence-electron chi connectivity index (χ3n) is 2.67. The molecule has 0 spiro atoms. The van der Waals surface area contributed by atoms with Crippen LogP contribution in [0, 0.1) is 0 Å². The summed E-state index contributed by atoms with van der Waals surface area (Å²) in [5, 5.41) is 5.19. The van der Waals surface area contributed by atoms with Gasteiger partial charge in [0.05, 0.1) is 5.69 Å². The van der Waals surface area contributed by atoms with E-state index < -0.39 is 0 Å². The van der Waals surface area contributed by atoms with Gasteiger partial charge in [-0.15, -0.1) is 0 Å². The lowest BCUT2D eigenvalue weighted by Crippen LogP contribution is -1.95. The molecule has 3 aromatic rings. The molecule has 0 atom stereocenters. The average molecular weight is 275 g/mol. The second kappa shape index (κ2) is 4.88. The number of H-pyrrole nitrogens is 1. The van der Waals surface area contributed by atoms with Crippen LogP contribution in [0.3, 0.4) is 0 Å². The molecular formula is C11H13N7S. The van der Waals surface area contributed by atoms with Crippen molar-refractivity contribution in [3.63, 3.8) is 0 Å². The van der Waals surface area contributed by atoms with Crippen molar-refractivity contribution < 1.29 is 0 Å². The van der Waals surface area contributed by atoms with E-state index in [1.54, 1.807) is 11.8 Å². The normalized spacial score (nSPS) is 11.2. The number of aryl methyl sites for hydroxylation is 1. The first-order valence-electron chi connectivity index (χ1n) is 5.87. The molecule has 0 saturated heterocycles. The maximum absolute atomic E-state index is 5.75. The lowest BCUT2D eigenvalue weighted by atomic mass is 10.5. The summed E-state index contributed by atoms with van der Waals surface area (Å²) in [6.07, 6.45) is 3.38. The molecule has 0 saturated carbocycles. The highest BCUT2D eigenvalue weighted by Gasteiger charge is 2.08. The third kappa shape index (κ3) is 2.39. The number of hydrogen-bond acceptors (Lipinski definition) is 6. The smallest absolute Gasteiger partial charge is 0.183 e. The van der Waals surface area contributed by atoms with Gasteiger partial charge in [0.1, 0.15) is 11.8 Å². The number of nitrogen functional groups attached to an aromatic ring is 1. The molecule has 98 valence electrons. The Hall–Kier alpha value is -2.09.